The molecule has 0 fully saturated rings. The van der Waals surface area contributed by atoms with Gasteiger partial charge in [-0.1, -0.05) is 23.7 Å². The Bertz CT molecular complexity index is 422. The third kappa shape index (κ3) is 5.20. The van der Waals surface area contributed by atoms with E-state index in [-0.39, 0.29) is 11.9 Å². The van der Waals surface area contributed by atoms with Crippen molar-refractivity contribution in [2.24, 2.45) is 5.92 Å². The first-order valence-corrected chi connectivity index (χ1v) is 6.33. The molecule has 1 atom stereocenters. The third-order valence-electron chi connectivity index (χ3n) is 2.58. The number of hydrogen-bond acceptors (Lipinski definition) is 3. The van der Waals surface area contributed by atoms with Crippen molar-refractivity contribution in [1.82, 2.24) is 0 Å². The highest BCUT2D eigenvalue weighted by molar-refractivity contribution is 6.30. The van der Waals surface area contributed by atoms with Crippen LogP contribution in [0.15, 0.2) is 24.3 Å². The van der Waals surface area contributed by atoms with Crippen LogP contribution in [0.25, 0.3) is 0 Å². The minimum Gasteiger partial charge on any atom is -0.466 e. The average molecular weight is 266 g/mol. The number of halogens is 1. The Balaban J connectivity index is 2.45. The van der Waals surface area contributed by atoms with Gasteiger partial charge in [-0.15, -0.1) is 0 Å². The first-order chi connectivity index (χ1) is 8.65. The predicted octanol–water partition coefficient (Wildman–Crippen LogP) is 3.37. The van der Waals surface area contributed by atoms with E-state index in [0.29, 0.717) is 30.9 Å². The van der Waals surface area contributed by atoms with Crippen LogP contribution in [0.3, 0.4) is 0 Å². The highest BCUT2D eigenvalue weighted by Gasteiger charge is 2.12. The standard InChI is InChI=1S/C14H16ClNO2/c1-2-18-14(17)8-5-12(10-16)9-11-3-6-13(15)7-4-11/h3-4,6-7,12H,2,5,8-9H2,1H3. The van der Waals surface area contributed by atoms with Crippen LogP contribution < -0.4 is 0 Å². The fourth-order valence-corrected chi connectivity index (χ4v) is 1.77. The Morgan fingerprint density at radius 2 is 2.11 bits per heavy atom. The van der Waals surface area contributed by atoms with Gasteiger partial charge in [0.05, 0.1) is 18.6 Å². The molecule has 0 saturated heterocycles. The van der Waals surface area contributed by atoms with E-state index in [1.54, 1.807) is 19.1 Å². The number of rotatable bonds is 6. The zero-order valence-electron chi connectivity index (χ0n) is 10.4. The summed E-state index contributed by atoms with van der Waals surface area (Å²) in [6.45, 7) is 2.15. The second-order valence-corrected chi connectivity index (χ2v) is 4.44. The lowest BCUT2D eigenvalue weighted by atomic mass is 9.96. The number of hydrogen-bond donors (Lipinski definition) is 0. The number of nitrogens with zero attached hydrogens (tertiary/aromatic N) is 1. The molecule has 0 aliphatic rings. The van der Waals surface area contributed by atoms with Gasteiger partial charge >= 0.3 is 5.97 Å². The summed E-state index contributed by atoms with van der Waals surface area (Å²) in [5, 5.41) is 9.74. The van der Waals surface area contributed by atoms with Gasteiger partial charge in [0.2, 0.25) is 0 Å². The largest absolute Gasteiger partial charge is 0.466 e. The lowest BCUT2D eigenvalue weighted by Crippen LogP contribution is -2.09. The predicted molar refractivity (Wildman–Crippen MR) is 70.1 cm³/mol. The zero-order chi connectivity index (χ0) is 13.4. The average Bonchev–Trinajstić information content (AvgIpc) is 2.37. The molecule has 1 unspecified atom stereocenters. The molecule has 18 heavy (non-hydrogen) atoms. The monoisotopic (exact) mass is 265 g/mol. The summed E-state index contributed by atoms with van der Waals surface area (Å²) in [5.74, 6) is -0.413. The summed E-state index contributed by atoms with van der Waals surface area (Å²) in [4.78, 5) is 11.2. The summed E-state index contributed by atoms with van der Waals surface area (Å²) in [6.07, 6.45) is 1.45. The molecule has 1 aromatic carbocycles. The van der Waals surface area contributed by atoms with E-state index in [9.17, 15) is 4.79 Å². The van der Waals surface area contributed by atoms with Crippen LogP contribution in [-0.4, -0.2) is 12.6 Å². The molecular weight excluding hydrogens is 250 g/mol. The third-order valence-corrected chi connectivity index (χ3v) is 2.83. The number of ether oxygens (including phenoxy) is 1. The molecule has 0 spiro atoms. The van der Waals surface area contributed by atoms with Gasteiger partial charge in [-0.05, 0) is 37.5 Å². The first kappa shape index (κ1) is 14.5. The number of carbonyl (C=O) groups excluding carboxylic acids is 1. The van der Waals surface area contributed by atoms with Crippen LogP contribution in [0, 0.1) is 17.2 Å². The van der Waals surface area contributed by atoms with E-state index in [1.807, 2.05) is 12.1 Å². The molecule has 0 saturated carbocycles. The smallest absolute Gasteiger partial charge is 0.305 e. The molecule has 1 rings (SSSR count). The summed E-state index contributed by atoms with van der Waals surface area (Å²) < 4.78 is 4.84. The normalized spacial score (nSPS) is 11.6. The molecule has 0 aliphatic carbocycles. The molecule has 4 heteroatoms. The minimum absolute atomic E-state index is 0.171. The molecule has 0 aliphatic heterocycles. The molecule has 0 bridgehead atoms. The van der Waals surface area contributed by atoms with Gasteiger partial charge in [-0.25, -0.2) is 0 Å². The lowest BCUT2D eigenvalue weighted by molar-refractivity contribution is -0.143. The van der Waals surface area contributed by atoms with E-state index in [4.69, 9.17) is 21.6 Å². The van der Waals surface area contributed by atoms with E-state index >= 15 is 0 Å². The van der Waals surface area contributed by atoms with Crippen LogP contribution >= 0.6 is 11.6 Å². The van der Waals surface area contributed by atoms with E-state index in [0.717, 1.165) is 5.56 Å². The quantitative estimate of drug-likeness (QED) is 0.741. The van der Waals surface area contributed by atoms with Crippen LogP contribution in [-0.2, 0) is 16.0 Å². The molecule has 0 N–H and O–H groups in total. The second kappa shape index (κ2) is 7.73. The van der Waals surface area contributed by atoms with Crippen LogP contribution in [0.4, 0.5) is 0 Å². The maximum Gasteiger partial charge on any atom is 0.305 e. The summed E-state index contributed by atoms with van der Waals surface area (Å²) in [5.41, 5.74) is 1.05. The Hall–Kier alpha value is -1.53. The van der Waals surface area contributed by atoms with Crippen molar-refractivity contribution in [3.05, 3.63) is 34.9 Å². The van der Waals surface area contributed by atoms with Crippen molar-refractivity contribution in [1.29, 1.82) is 5.26 Å². The highest BCUT2D eigenvalue weighted by atomic mass is 35.5. The Labute approximate surface area is 112 Å². The van der Waals surface area contributed by atoms with Gasteiger partial charge in [0.25, 0.3) is 0 Å². The van der Waals surface area contributed by atoms with Crippen molar-refractivity contribution in [3.63, 3.8) is 0 Å². The molecule has 0 amide bonds. The van der Waals surface area contributed by atoms with Gasteiger partial charge in [0.1, 0.15) is 0 Å². The maximum atomic E-state index is 11.2. The molecule has 3 nitrogen and oxygen atoms in total. The Morgan fingerprint density at radius 3 is 2.67 bits per heavy atom. The lowest BCUT2D eigenvalue weighted by Gasteiger charge is -2.08. The molecule has 0 aromatic heterocycles. The molecule has 0 radical (unpaired) electrons. The first-order valence-electron chi connectivity index (χ1n) is 5.95. The van der Waals surface area contributed by atoms with E-state index in [2.05, 4.69) is 6.07 Å². The van der Waals surface area contributed by atoms with E-state index in [1.165, 1.54) is 0 Å². The molecular formula is C14H16ClNO2. The fourth-order valence-electron chi connectivity index (χ4n) is 1.64. The number of nitriles is 1. The number of benzene rings is 1. The van der Waals surface area contributed by atoms with Crippen molar-refractivity contribution in [2.45, 2.75) is 26.2 Å². The van der Waals surface area contributed by atoms with Gasteiger partial charge in [0.15, 0.2) is 0 Å². The Kier molecular flexibility index (Phi) is 6.24. The van der Waals surface area contributed by atoms with Crippen molar-refractivity contribution < 1.29 is 9.53 Å². The van der Waals surface area contributed by atoms with Gasteiger partial charge in [-0.2, -0.15) is 5.26 Å². The molecule has 96 valence electrons. The van der Waals surface area contributed by atoms with Gasteiger partial charge in [0, 0.05) is 11.4 Å². The summed E-state index contributed by atoms with van der Waals surface area (Å²) in [6, 6.07) is 9.63. The zero-order valence-corrected chi connectivity index (χ0v) is 11.1. The number of esters is 1. The maximum absolute atomic E-state index is 11.2. The van der Waals surface area contributed by atoms with E-state index < -0.39 is 0 Å². The topological polar surface area (TPSA) is 50.1 Å². The highest BCUT2D eigenvalue weighted by Crippen LogP contribution is 2.16. The van der Waals surface area contributed by atoms with Gasteiger partial charge < -0.3 is 4.74 Å². The fraction of sp³-hybridized carbons (Fsp3) is 0.429. The summed E-state index contributed by atoms with van der Waals surface area (Å²) in [7, 11) is 0. The second-order valence-electron chi connectivity index (χ2n) is 4.00. The van der Waals surface area contributed by atoms with Crippen LogP contribution in [0.1, 0.15) is 25.3 Å². The Morgan fingerprint density at radius 1 is 1.44 bits per heavy atom. The number of carbonyl (C=O) groups is 1. The van der Waals surface area contributed by atoms with Crippen molar-refractivity contribution in [3.8, 4) is 6.07 Å². The molecule has 1 aromatic rings. The van der Waals surface area contributed by atoms with Crippen molar-refractivity contribution >= 4 is 17.6 Å². The van der Waals surface area contributed by atoms with Crippen molar-refractivity contribution in [2.75, 3.05) is 6.61 Å². The minimum atomic E-state index is -0.242. The summed E-state index contributed by atoms with van der Waals surface area (Å²) >= 11 is 5.79. The van der Waals surface area contributed by atoms with Gasteiger partial charge in [-0.3, -0.25) is 4.79 Å². The van der Waals surface area contributed by atoms with Crippen LogP contribution in [0.5, 0.6) is 0 Å². The van der Waals surface area contributed by atoms with Crippen LogP contribution in [0.2, 0.25) is 5.02 Å². The molecule has 0 heterocycles. The SMILES string of the molecule is CCOC(=O)CCC(C#N)Cc1ccc(Cl)cc1.